The molecule has 3 N–H and O–H groups in total. The fraction of sp³-hybridized carbons (Fsp3) is 0.385. The van der Waals surface area contributed by atoms with Crippen molar-refractivity contribution >= 4 is 28.5 Å². The van der Waals surface area contributed by atoms with Gasteiger partial charge in [0.25, 0.3) is 0 Å². The molecule has 0 aromatic heterocycles. The van der Waals surface area contributed by atoms with Crippen LogP contribution in [0.3, 0.4) is 0 Å². The van der Waals surface area contributed by atoms with Gasteiger partial charge in [0, 0.05) is 34.0 Å². The number of benzene rings is 1. The zero-order chi connectivity index (χ0) is 15.4. The number of anilines is 1. The molecule has 2 rings (SSSR count). The highest BCUT2D eigenvalue weighted by Crippen LogP contribution is 2.15. The molecule has 1 heterocycles. The first kappa shape index (κ1) is 15.4. The number of nitrogens with one attached hydrogen (secondary N) is 2. The summed E-state index contributed by atoms with van der Waals surface area (Å²) in [5.74, 6) is -1.13. The molecule has 0 radical (unpaired) electrons. The maximum Gasteiger partial charge on any atom is 0.338 e. The van der Waals surface area contributed by atoms with Gasteiger partial charge >= 0.3 is 12.0 Å². The average Bonchev–Trinajstić information content (AvgIpc) is 2.43. The van der Waals surface area contributed by atoms with Gasteiger partial charge in [0.1, 0.15) is 5.82 Å². The van der Waals surface area contributed by atoms with Crippen LogP contribution >= 0.6 is 0 Å². The lowest BCUT2D eigenvalue weighted by Gasteiger charge is -2.22. The number of hydrogen-bond acceptors (Lipinski definition) is 3. The lowest BCUT2D eigenvalue weighted by molar-refractivity contribution is 0.0692. The predicted octanol–water partition coefficient (Wildman–Crippen LogP) is 1.56. The summed E-state index contributed by atoms with van der Waals surface area (Å²) in [7, 11) is -0.803. The molecule has 1 aliphatic rings. The van der Waals surface area contributed by atoms with E-state index in [1.807, 2.05) is 0 Å². The molecular weight excluding hydrogens is 299 g/mol. The molecule has 0 unspecified atom stereocenters. The summed E-state index contributed by atoms with van der Waals surface area (Å²) in [6, 6.07) is 2.80. The first-order valence-corrected chi connectivity index (χ1v) is 7.90. The van der Waals surface area contributed by atoms with Crippen LogP contribution in [0.2, 0.25) is 0 Å². The van der Waals surface area contributed by atoms with Crippen LogP contribution < -0.4 is 10.6 Å². The molecule has 2 amide bonds. The first-order chi connectivity index (χ1) is 9.95. The van der Waals surface area contributed by atoms with E-state index < -0.39 is 34.2 Å². The Morgan fingerprint density at radius 2 is 1.95 bits per heavy atom. The summed E-state index contributed by atoms with van der Waals surface area (Å²) in [6.45, 7) is 0. The lowest BCUT2D eigenvalue weighted by atomic mass is 10.1. The van der Waals surface area contributed by atoms with Gasteiger partial charge in [-0.2, -0.15) is 0 Å². The molecule has 0 saturated carbocycles. The topological polar surface area (TPSA) is 95.5 Å². The van der Waals surface area contributed by atoms with Crippen LogP contribution in [0.5, 0.6) is 0 Å². The minimum atomic E-state index is -1.40. The molecule has 1 aliphatic heterocycles. The van der Waals surface area contributed by atoms with Crippen molar-refractivity contribution in [2.45, 2.75) is 18.9 Å². The summed E-state index contributed by atoms with van der Waals surface area (Å²) in [5, 5.41) is 14.0. The largest absolute Gasteiger partial charge is 0.478 e. The number of carboxylic acids is 1. The van der Waals surface area contributed by atoms with E-state index in [9.17, 15) is 18.2 Å². The smallest absolute Gasteiger partial charge is 0.338 e. The molecule has 21 heavy (non-hydrogen) atoms. The minimum Gasteiger partial charge on any atom is -0.478 e. The SMILES string of the molecule is O=C(Nc1ccc(F)c(C(=O)O)c1)NC1CCS(=O)CC1. The standard InChI is InChI=1S/C13H15FN2O4S/c14-11-2-1-9(7-10(11)12(17)18)16-13(19)15-8-3-5-21(20)6-4-8/h1-2,7-8H,3-6H2,(H,17,18)(H2,15,16,19). The van der Waals surface area contributed by atoms with Gasteiger partial charge in [0.05, 0.1) is 5.56 Å². The predicted molar refractivity (Wildman–Crippen MR) is 76.4 cm³/mol. The summed E-state index contributed by atoms with van der Waals surface area (Å²) in [6.07, 6.45) is 1.29. The Hall–Kier alpha value is -1.96. The highest BCUT2D eigenvalue weighted by Gasteiger charge is 2.19. The number of carbonyl (C=O) groups excluding carboxylic acids is 1. The van der Waals surface area contributed by atoms with Crippen molar-refractivity contribution in [1.29, 1.82) is 0 Å². The van der Waals surface area contributed by atoms with Crippen molar-refractivity contribution in [3.05, 3.63) is 29.6 Å². The van der Waals surface area contributed by atoms with E-state index in [0.29, 0.717) is 24.3 Å². The highest BCUT2D eigenvalue weighted by atomic mass is 32.2. The number of aromatic carboxylic acids is 1. The molecule has 8 heteroatoms. The maximum absolute atomic E-state index is 13.2. The Labute approximate surface area is 123 Å². The molecule has 0 atom stereocenters. The van der Waals surface area contributed by atoms with Crippen LogP contribution in [-0.4, -0.2) is 38.9 Å². The van der Waals surface area contributed by atoms with Crippen molar-refractivity contribution in [2.75, 3.05) is 16.8 Å². The monoisotopic (exact) mass is 314 g/mol. The second-order valence-electron chi connectivity index (χ2n) is 4.72. The summed E-state index contributed by atoms with van der Waals surface area (Å²) in [4.78, 5) is 22.6. The molecule has 1 saturated heterocycles. The Morgan fingerprint density at radius 3 is 2.57 bits per heavy atom. The van der Waals surface area contributed by atoms with Crippen LogP contribution in [0.4, 0.5) is 14.9 Å². The van der Waals surface area contributed by atoms with Crippen molar-refractivity contribution in [3.8, 4) is 0 Å². The van der Waals surface area contributed by atoms with E-state index in [1.165, 1.54) is 6.07 Å². The van der Waals surface area contributed by atoms with Crippen molar-refractivity contribution < 1.29 is 23.3 Å². The Bertz CT molecular complexity index is 584. The normalized spacial score (nSPS) is 21.6. The van der Waals surface area contributed by atoms with Crippen molar-refractivity contribution in [2.24, 2.45) is 0 Å². The number of carboxylic acid groups (broad SMARTS) is 1. The van der Waals surface area contributed by atoms with Gasteiger partial charge in [0.2, 0.25) is 0 Å². The van der Waals surface area contributed by atoms with E-state index >= 15 is 0 Å². The van der Waals surface area contributed by atoms with Gasteiger partial charge in [0.15, 0.2) is 0 Å². The molecule has 0 bridgehead atoms. The van der Waals surface area contributed by atoms with Crippen LogP contribution in [0.1, 0.15) is 23.2 Å². The number of carbonyl (C=O) groups is 2. The zero-order valence-corrected chi connectivity index (χ0v) is 11.9. The van der Waals surface area contributed by atoms with Crippen LogP contribution in [0.25, 0.3) is 0 Å². The first-order valence-electron chi connectivity index (χ1n) is 6.41. The van der Waals surface area contributed by atoms with Gasteiger partial charge in [-0.25, -0.2) is 14.0 Å². The van der Waals surface area contributed by atoms with E-state index in [0.717, 1.165) is 12.1 Å². The van der Waals surface area contributed by atoms with E-state index in [2.05, 4.69) is 10.6 Å². The van der Waals surface area contributed by atoms with Crippen LogP contribution in [-0.2, 0) is 10.8 Å². The minimum absolute atomic E-state index is 0.0536. The molecular formula is C13H15FN2O4S. The Balaban J connectivity index is 1.95. The summed E-state index contributed by atoms with van der Waals surface area (Å²) in [5.41, 5.74) is -0.299. The van der Waals surface area contributed by atoms with Crippen LogP contribution in [0.15, 0.2) is 18.2 Å². The molecule has 1 aromatic rings. The number of rotatable bonds is 3. The molecule has 114 valence electrons. The third-order valence-corrected chi connectivity index (χ3v) is 4.56. The quantitative estimate of drug-likeness (QED) is 0.789. The second kappa shape index (κ2) is 6.66. The van der Waals surface area contributed by atoms with Gasteiger partial charge in [-0.15, -0.1) is 0 Å². The molecule has 6 nitrogen and oxygen atoms in total. The van der Waals surface area contributed by atoms with Gasteiger partial charge in [-0.1, -0.05) is 0 Å². The third-order valence-electron chi connectivity index (χ3n) is 3.18. The van der Waals surface area contributed by atoms with Gasteiger partial charge in [-0.3, -0.25) is 4.21 Å². The van der Waals surface area contributed by atoms with Gasteiger partial charge < -0.3 is 15.7 Å². The summed E-state index contributed by atoms with van der Waals surface area (Å²) >= 11 is 0. The Kier molecular flexibility index (Phi) is 4.89. The third kappa shape index (κ3) is 4.25. The Morgan fingerprint density at radius 1 is 1.29 bits per heavy atom. The van der Waals surface area contributed by atoms with Crippen LogP contribution in [0, 0.1) is 5.82 Å². The number of halogens is 1. The zero-order valence-electron chi connectivity index (χ0n) is 11.1. The molecule has 1 fully saturated rings. The number of hydrogen-bond donors (Lipinski definition) is 3. The second-order valence-corrected chi connectivity index (χ2v) is 6.42. The van der Waals surface area contributed by atoms with E-state index in [4.69, 9.17) is 5.11 Å². The highest BCUT2D eigenvalue weighted by molar-refractivity contribution is 7.85. The number of urea groups is 1. The fourth-order valence-electron chi connectivity index (χ4n) is 2.06. The maximum atomic E-state index is 13.2. The molecule has 0 spiro atoms. The van der Waals surface area contributed by atoms with Gasteiger partial charge in [-0.05, 0) is 31.0 Å². The lowest BCUT2D eigenvalue weighted by Crippen LogP contribution is -2.41. The van der Waals surface area contributed by atoms with E-state index in [-0.39, 0.29) is 11.7 Å². The number of amides is 2. The molecule has 0 aliphatic carbocycles. The summed E-state index contributed by atoms with van der Waals surface area (Å²) < 4.78 is 24.4. The average molecular weight is 314 g/mol. The molecule has 1 aromatic carbocycles. The van der Waals surface area contributed by atoms with E-state index in [1.54, 1.807) is 0 Å². The van der Waals surface area contributed by atoms with Crippen molar-refractivity contribution in [3.63, 3.8) is 0 Å². The fourth-order valence-corrected chi connectivity index (χ4v) is 3.36. The van der Waals surface area contributed by atoms with Crippen molar-refractivity contribution in [1.82, 2.24) is 5.32 Å².